The third kappa shape index (κ3) is 6.25. The minimum Gasteiger partial charge on any atom is -0.481 e. The van der Waals surface area contributed by atoms with Crippen LogP contribution in [0.2, 0.25) is 0 Å². The van der Waals surface area contributed by atoms with E-state index in [1.54, 1.807) is 18.7 Å². The Bertz CT molecular complexity index is 1040. The number of likely N-dealkylation sites (tertiary alicyclic amines) is 1. The topological polar surface area (TPSA) is 86.7 Å². The molecule has 0 spiro atoms. The van der Waals surface area contributed by atoms with Gasteiger partial charge in [-0.25, -0.2) is 0 Å². The molecular formula is C28H36N2O4. The highest BCUT2D eigenvalue weighted by Gasteiger charge is 2.33. The zero-order chi connectivity index (χ0) is 25.1. The molecule has 2 aromatic rings. The summed E-state index contributed by atoms with van der Waals surface area (Å²) in [6.45, 7) is 10.8. The molecule has 0 aliphatic carbocycles. The molecule has 1 aliphatic rings. The molecule has 182 valence electrons. The molecule has 1 heterocycles. The van der Waals surface area contributed by atoms with Gasteiger partial charge >= 0.3 is 5.97 Å². The van der Waals surface area contributed by atoms with Crippen LogP contribution in [0.5, 0.6) is 0 Å². The van der Waals surface area contributed by atoms with Crippen molar-refractivity contribution in [3.05, 3.63) is 65.2 Å². The molecule has 1 saturated heterocycles. The summed E-state index contributed by atoms with van der Waals surface area (Å²) >= 11 is 0. The molecule has 34 heavy (non-hydrogen) atoms. The number of nitrogens with zero attached hydrogens (tertiary/aromatic N) is 1. The average Bonchev–Trinajstić information content (AvgIpc) is 2.78. The molecule has 1 aliphatic heterocycles. The highest BCUT2D eigenvalue weighted by atomic mass is 16.4. The monoisotopic (exact) mass is 464 g/mol. The van der Waals surface area contributed by atoms with Crippen molar-refractivity contribution in [1.29, 1.82) is 0 Å². The Kier molecular flexibility index (Phi) is 7.49. The number of carbonyl (C=O) groups excluding carboxylic acids is 2. The van der Waals surface area contributed by atoms with E-state index >= 15 is 0 Å². The first-order chi connectivity index (χ1) is 15.9. The quantitative estimate of drug-likeness (QED) is 0.596. The predicted octanol–water partition coefficient (Wildman–Crippen LogP) is 5.44. The van der Waals surface area contributed by atoms with E-state index in [-0.39, 0.29) is 23.7 Å². The summed E-state index contributed by atoms with van der Waals surface area (Å²) in [5.74, 6) is -0.883. The van der Waals surface area contributed by atoms with Gasteiger partial charge in [-0.05, 0) is 73.4 Å². The third-order valence-corrected chi connectivity index (χ3v) is 6.65. The van der Waals surface area contributed by atoms with Crippen LogP contribution in [0.3, 0.4) is 0 Å². The Balaban J connectivity index is 1.57. The second-order valence-electron chi connectivity index (χ2n) is 10.9. The van der Waals surface area contributed by atoms with Crippen molar-refractivity contribution in [2.24, 2.45) is 5.41 Å². The summed E-state index contributed by atoms with van der Waals surface area (Å²) in [6.07, 6.45) is 1.66. The molecule has 6 nitrogen and oxygen atoms in total. The zero-order valence-electron chi connectivity index (χ0n) is 20.9. The lowest BCUT2D eigenvalue weighted by Gasteiger charge is -2.33. The van der Waals surface area contributed by atoms with Crippen LogP contribution in [0, 0.1) is 5.41 Å². The van der Waals surface area contributed by atoms with Crippen molar-refractivity contribution in [2.45, 2.75) is 65.2 Å². The lowest BCUT2D eigenvalue weighted by atomic mass is 9.86. The van der Waals surface area contributed by atoms with E-state index in [9.17, 15) is 19.5 Å². The first kappa shape index (κ1) is 25.5. The maximum atomic E-state index is 12.7. The number of hydrogen-bond donors (Lipinski definition) is 2. The van der Waals surface area contributed by atoms with Gasteiger partial charge in [0.25, 0.3) is 5.91 Å². The maximum Gasteiger partial charge on any atom is 0.309 e. The number of amides is 2. The molecule has 2 amide bonds. The molecule has 0 unspecified atom stereocenters. The van der Waals surface area contributed by atoms with Crippen LogP contribution in [-0.2, 0) is 15.0 Å². The number of rotatable bonds is 6. The number of carboxylic acids is 1. The van der Waals surface area contributed by atoms with Crippen LogP contribution in [-0.4, -0.2) is 40.9 Å². The Morgan fingerprint density at radius 1 is 0.971 bits per heavy atom. The van der Waals surface area contributed by atoms with E-state index in [1.807, 2.05) is 42.5 Å². The van der Waals surface area contributed by atoms with Crippen LogP contribution < -0.4 is 5.32 Å². The fourth-order valence-corrected chi connectivity index (χ4v) is 4.20. The molecule has 3 rings (SSSR count). The lowest BCUT2D eigenvalue weighted by molar-refractivity contribution is -0.151. The van der Waals surface area contributed by atoms with Crippen LogP contribution in [0.25, 0.3) is 0 Å². The van der Waals surface area contributed by atoms with Gasteiger partial charge in [0.15, 0.2) is 0 Å². The molecule has 2 aromatic carbocycles. The number of carboxylic acid groups (broad SMARTS) is 1. The molecule has 0 radical (unpaired) electrons. The second-order valence-corrected chi connectivity index (χ2v) is 10.9. The summed E-state index contributed by atoms with van der Waals surface area (Å²) < 4.78 is 0. The van der Waals surface area contributed by atoms with Crippen molar-refractivity contribution < 1.29 is 19.5 Å². The van der Waals surface area contributed by atoms with E-state index < -0.39 is 11.4 Å². The number of nitrogens with one attached hydrogen (secondary N) is 1. The van der Waals surface area contributed by atoms with E-state index in [0.717, 1.165) is 29.7 Å². The lowest BCUT2D eigenvalue weighted by Crippen LogP contribution is -2.41. The Morgan fingerprint density at radius 2 is 1.59 bits per heavy atom. The highest BCUT2D eigenvalue weighted by molar-refractivity contribution is 6.04. The summed E-state index contributed by atoms with van der Waals surface area (Å²) in [7, 11) is 0. The summed E-state index contributed by atoms with van der Waals surface area (Å²) in [5.41, 5.74) is 2.66. The number of hydrogen-bond acceptors (Lipinski definition) is 3. The van der Waals surface area contributed by atoms with Gasteiger partial charge in [-0.3, -0.25) is 14.4 Å². The normalized spacial score (nSPS) is 15.1. The van der Waals surface area contributed by atoms with Gasteiger partial charge in [0.2, 0.25) is 5.91 Å². The minimum absolute atomic E-state index is 0.00897. The van der Waals surface area contributed by atoms with Gasteiger partial charge in [-0.15, -0.1) is 0 Å². The molecule has 1 fully saturated rings. The van der Waals surface area contributed by atoms with Crippen molar-refractivity contribution in [2.75, 3.05) is 18.4 Å². The summed E-state index contributed by atoms with van der Waals surface area (Å²) in [6, 6.07) is 15.6. The first-order valence-corrected chi connectivity index (χ1v) is 11.9. The fraction of sp³-hybridized carbons (Fsp3) is 0.464. The van der Waals surface area contributed by atoms with E-state index in [4.69, 9.17) is 0 Å². The molecule has 0 atom stereocenters. The van der Waals surface area contributed by atoms with Crippen LogP contribution >= 0.6 is 0 Å². The van der Waals surface area contributed by atoms with Gasteiger partial charge < -0.3 is 15.3 Å². The standard InChI is InChI=1S/C28H36N2O4/c1-27(2,3)22-7-6-8-23(17-22)29-25(32)21-11-9-19(10-12-21)20-13-15-30(16-14-20)24(31)18-28(4,5)26(33)34/h6-12,17,20H,13-16,18H2,1-5H3,(H,29,32)(H,33,34). The second kappa shape index (κ2) is 10.00. The Labute approximate surface area is 202 Å². The minimum atomic E-state index is -1.06. The van der Waals surface area contributed by atoms with Crippen LogP contribution in [0.4, 0.5) is 5.69 Å². The van der Waals surface area contributed by atoms with Crippen molar-refractivity contribution in [3.63, 3.8) is 0 Å². The smallest absolute Gasteiger partial charge is 0.309 e. The molecule has 0 bridgehead atoms. The first-order valence-electron chi connectivity index (χ1n) is 11.9. The van der Waals surface area contributed by atoms with Gasteiger partial charge in [0.1, 0.15) is 0 Å². The van der Waals surface area contributed by atoms with Gasteiger partial charge in [0, 0.05) is 30.8 Å². The molecule has 2 N–H and O–H groups in total. The number of benzene rings is 2. The number of anilines is 1. The van der Waals surface area contributed by atoms with Gasteiger partial charge in [0.05, 0.1) is 5.41 Å². The molecule has 6 heteroatoms. The third-order valence-electron chi connectivity index (χ3n) is 6.65. The van der Waals surface area contributed by atoms with Crippen molar-refractivity contribution in [3.8, 4) is 0 Å². The summed E-state index contributed by atoms with van der Waals surface area (Å²) in [4.78, 5) is 38.4. The Hall–Kier alpha value is -3.15. The fourth-order valence-electron chi connectivity index (χ4n) is 4.20. The maximum absolute atomic E-state index is 12.7. The van der Waals surface area contributed by atoms with Gasteiger partial charge in [-0.1, -0.05) is 45.0 Å². The van der Waals surface area contributed by atoms with Crippen molar-refractivity contribution >= 4 is 23.5 Å². The largest absolute Gasteiger partial charge is 0.481 e. The van der Waals surface area contributed by atoms with E-state index in [0.29, 0.717) is 24.6 Å². The van der Waals surface area contributed by atoms with Gasteiger partial charge in [-0.2, -0.15) is 0 Å². The SMILES string of the molecule is CC(C)(CC(=O)N1CCC(c2ccc(C(=O)Nc3cccc(C(C)(C)C)c3)cc2)CC1)C(=O)O. The van der Waals surface area contributed by atoms with Crippen LogP contribution in [0.1, 0.15) is 81.3 Å². The molecular weight excluding hydrogens is 428 g/mol. The number of aliphatic carboxylic acids is 1. The summed E-state index contributed by atoms with van der Waals surface area (Å²) in [5, 5.41) is 12.3. The number of carbonyl (C=O) groups is 3. The highest BCUT2D eigenvalue weighted by Crippen LogP contribution is 2.30. The zero-order valence-corrected chi connectivity index (χ0v) is 20.9. The van der Waals surface area contributed by atoms with E-state index in [1.165, 1.54) is 0 Å². The van der Waals surface area contributed by atoms with E-state index in [2.05, 4.69) is 32.2 Å². The Morgan fingerprint density at radius 3 is 2.15 bits per heavy atom. The molecule has 0 saturated carbocycles. The molecule has 0 aromatic heterocycles. The van der Waals surface area contributed by atoms with Crippen molar-refractivity contribution in [1.82, 2.24) is 4.90 Å². The number of piperidine rings is 1. The predicted molar refractivity (Wildman–Crippen MR) is 134 cm³/mol. The van der Waals surface area contributed by atoms with Crippen LogP contribution in [0.15, 0.2) is 48.5 Å². The average molecular weight is 465 g/mol.